The monoisotopic (exact) mass is 220 g/mol. The summed E-state index contributed by atoms with van der Waals surface area (Å²) < 4.78 is 13.1. The lowest BCUT2D eigenvalue weighted by atomic mass is 10.0. The van der Waals surface area contributed by atoms with Crippen LogP contribution in [0.3, 0.4) is 0 Å². The summed E-state index contributed by atoms with van der Waals surface area (Å²) in [4.78, 5) is 0. The van der Waals surface area contributed by atoms with Gasteiger partial charge in [-0.2, -0.15) is 0 Å². The first-order valence-electron chi connectivity index (χ1n) is 4.71. The van der Waals surface area contributed by atoms with Gasteiger partial charge in [-0.05, 0) is 11.1 Å². The predicted molar refractivity (Wildman–Crippen MR) is 61.6 cm³/mol. The van der Waals surface area contributed by atoms with Crippen molar-refractivity contribution in [2.24, 2.45) is 0 Å². The molecular formula is C13H10ClF. The first-order chi connectivity index (χ1) is 7.29. The molecule has 1 unspecified atom stereocenters. The lowest BCUT2D eigenvalue weighted by Gasteiger charge is -2.08. The van der Waals surface area contributed by atoms with Crippen molar-refractivity contribution in [3.63, 3.8) is 0 Å². The summed E-state index contributed by atoms with van der Waals surface area (Å²) >= 11 is 5.49. The summed E-state index contributed by atoms with van der Waals surface area (Å²) in [6.07, 6.45) is 0. The van der Waals surface area contributed by atoms with Crippen molar-refractivity contribution in [3.05, 3.63) is 60.2 Å². The van der Waals surface area contributed by atoms with E-state index in [1.165, 1.54) is 0 Å². The Balaban J connectivity index is 2.53. The molecule has 0 amide bonds. The van der Waals surface area contributed by atoms with Crippen LogP contribution in [0.5, 0.6) is 0 Å². The van der Waals surface area contributed by atoms with Gasteiger partial charge in [0.25, 0.3) is 0 Å². The molecule has 0 aromatic heterocycles. The van der Waals surface area contributed by atoms with E-state index < -0.39 is 5.63 Å². The van der Waals surface area contributed by atoms with Crippen molar-refractivity contribution in [1.82, 2.24) is 0 Å². The van der Waals surface area contributed by atoms with Gasteiger partial charge in [0.1, 0.15) is 0 Å². The van der Waals surface area contributed by atoms with E-state index in [0.29, 0.717) is 5.56 Å². The lowest BCUT2D eigenvalue weighted by Crippen LogP contribution is -1.88. The molecule has 0 radical (unpaired) electrons. The van der Waals surface area contributed by atoms with Gasteiger partial charge < -0.3 is 0 Å². The fourth-order valence-corrected chi connectivity index (χ4v) is 1.76. The van der Waals surface area contributed by atoms with Crippen LogP contribution in [-0.2, 0) is 0 Å². The minimum absolute atomic E-state index is 0.519. The Labute approximate surface area is 93.3 Å². The third-order valence-corrected chi connectivity index (χ3v) is 2.52. The zero-order valence-electron chi connectivity index (χ0n) is 8.03. The van der Waals surface area contributed by atoms with Crippen LogP contribution in [0.25, 0.3) is 11.1 Å². The predicted octanol–water partition coefficient (Wildman–Crippen LogP) is 4.56. The molecule has 2 rings (SSSR count). The molecule has 0 aliphatic heterocycles. The van der Waals surface area contributed by atoms with E-state index in [1.807, 2.05) is 42.5 Å². The van der Waals surface area contributed by atoms with Gasteiger partial charge in [-0.25, -0.2) is 4.39 Å². The smallest absolute Gasteiger partial charge is 0.199 e. The topological polar surface area (TPSA) is 0 Å². The van der Waals surface area contributed by atoms with Crippen LogP contribution in [0.15, 0.2) is 54.6 Å². The van der Waals surface area contributed by atoms with Crippen LogP contribution in [-0.4, -0.2) is 0 Å². The number of hydrogen-bond donors (Lipinski definition) is 0. The van der Waals surface area contributed by atoms with Gasteiger partial charge in [-0.15, -0.1) is 0 Å². The van der Waals surface area contributed by atoms with Crippen molar-refractivity contribution in [2.75, 3.05) is 0 Å². The molecule has 15 heavy (non-hydrogen) atoms. The molecule has 0 N–H and O–H groups in total. The van der Waals surface area contributed by atoms with Gasteiger partial charge in [0.05, 0.1) is 0 Å². The van der Waals surface area contributed by atoms with Crippen LogP contribution >= 0.6 is 11.6 Å². The molecular weight excluding hydrogens is 211 g/mol. The summed E-state index contributed by atoms with van der Waals surface area (Å²) in [5.41, 5.74) is 0.892. The highest BCUT2D eigenvalue weighted by atomic mass is 35.5. The molecule has 1 atom stereocenters. The second-order valence-electron chi connectivity index (χ2n) is 3.25. The molecule has 2 aromatic rings. The molecule has 0 bridgehead atoms. The maximum Gasteiger partial charge on any atom is 0.199 e. The van der Waals surface area contributed by atoms with Crippen molar-refractivity contribution in [1.29, 1.82) is 0 Å². The quantitative estimate of drug-likeness (QED) is 0.651. The Bertz CT molecular complexity index is 437. The van der Waals surface area contributed by atoms with E-state index in [1.54, 1.807) is 12.1 Å². The zero-order chi connectivity index (χ0) is 10.7. The first-order valence-corrected chi connectivity index (χ1v) is 5.15. The van der Waals surface area contributed by atoms with E-state index >= 15 is 0 Å². The average Bonchev–Trinajstić information content (AvgIpc) is 2.30. The molecule has 0 saturated heterocycles. The molecule has 0 heterocycles. The summed E-state index contributed by atoms with van der Waals surface area (Å²) in [5.74, 6) is 0. The van der Waals surface area contributed by atoms with Gasteiger partial charge in [0, 0.05) is 5.56 Å². The van der Waals surface area contributed by atoms with E-state index in [9.17, 15) is 4.39 Å². The average molecular weight is 221 g/mol. The van der Waals surface area contributed by atoms with E-state index in [4.69, 9.17) is 11.6 Å². The van der Waals surface area contributed by atoms with Gasteiger partial charge in [0.2, 0.25) is 0 Å². The minimum Gasteiger partial charge on any atom is -0.225 e. The van der Waals surface area contributed by atoms with Crippen molar-refractivity contribution >= 4 is 11.6 Å². The summed E-state index contributed by atoms with van der Waals surface area (Å²) in [6.45, 7) is 0. The normalized spacial score (nSPS) is 12.4. The fraction of sp³-hybridized carbons (Fsp3) is 0.0769. The van der Waals surface area contributed by atoms with Gasteiger partial charge in [-0.1, -0.05) is 66.2 Å². The summed E-state index contributed by atoms with van der Waals surface area (Å²) in [7, 11) is 0. The first kappa shape index (κ1) is 10.2. The highest BCUT2D eigenvalue weighted by Crippen LogP contribution is 2.31. The maximum absolute atomic E-state index is 13.1. The molecule has 0 nitrogen and oxygen atoms in total. The van der Waals surface area contributed by atoms with Crippen molar-refractivity contribution < 1.29 is 4.39 Å². The lowest BCUT2D eigenvalue weighted by molar-refractivity contribution is 0.461. The Morgan fingerprint density at radius 1 is 0.867 bits per heavy atom. The van der Waals surface area contributed by atoms with Crippen molar-refractivity contribution in [3.8, 4) is 11.1 Å². The van der Waals surface area contributed by atoms with E-state index in [-0.39, 0.29) is 0 Å². The van der Waals surface area contributed by atoms with Crippen LogP contribution in [0.1, 0.15) is 11.2 Å². The largest absolute Gasteiger partial charge is 0.225 e. The SMILES string of the molecule is FC(Cl)c1ccccc1-c1ccccc1. The van der Waals surface area contributed by atoms with E-state index in [2.05, 4.69) is 0 Å². The van der Waals surface area contributed by atoms with Gasteiger partial charge >= 0.3 is 0 Å². The Morgan fingerprint density at radius 3 is 2.13 bits per heavy atom. The number of rotatable bonds is 2. The van der Waals surface area contributed by atoms with Crippen LogP contribution in [0.4, 0.5) is 4.39 Å². The molecule has 0 saturated carbocycles. The van der Waals surface area contributed by atoms with E-state index in [0.717, 1.165) is 11.1 Å². The van der Waals surface area contributed by atoms with Crippen LogP contribution in [0, 0.1) is 0 Å². The molecule has 2 heteroatoms. The molecule has 76 valence electrons. The molecule has 0 aliphatic rings. The van der Waals surface area contributed by atoms with Crippen LogP contribution < -0.4 is 0 Å². The highest BCUT2D eigenvalue weighted by Gasteiger charge is 2.11. The van der Waals surface area contributed by atoms with Crippen LogP contribution in [0.2, 0.25) is 0 Å². The third-order valence-electron chi connectivity index (χ3n) is 2.28. The Kier molecular flexibility index (Phi) is 3.02. The number of alkyl halides is 2. The third kappa shape index (κ3) is 2.18. The molecule has 0 fully saturated rings. The second kappa shape index (κ2) is 4.45. The Morgan fingerprint density at radius 2 is 1.47 bits per heavy atom. The molecule has 0 spiro atoms. The minimum atomic E-state index is -1.46. The van der Waals surface area contributed by atoms with Gasteiger partial charge in [0.15, 0.2) is 5.63 Å². The maximum atomic E-state index is 13.1. The summed E-state index contributed by atoms with van der Waals surface area (Å²) in [6, 6.07) is 16.9. The summed E-state index contributed by atoms with van der Waals surface area (Å²) in [5, 5.41) is 0. The Hall–Kier alpha value is -1.34. The standard InChI is InChI=1S/C13H10ClF/c14-13(15)12-9-5-4-8-11(12)10-6-2-1-3-7-10/h1-9,13H. The van der Waals surface area contributed by atoms with Crippen molar-refractivity contribution in [2.45, 2.75) is 5.63 Å². The number of halogens is 2. The number of hydrogen-bond acceptors (Lipinski definition) is 0. The van der Waals surface area contributed by atoms with Gasteiger partial charge in [-0.3, -0.25) is 0 Å². The number of benzene rings is 2. The fourth-order valence-electron chi connectivity index (χ4n) is 1.57. The molecule has 0 aliphatic carbocycles. The second-order valence-corrected chi connectivity index (χ2v) is 3.64. The highest BCUT2D eigenvalue weighted by molar-refractivity contribution is 6.20. The molecule has 2 aromatic carbocycles. The zero-order valence-corrected chi connectivity index (χ0v) is 8.79.